The van der Waals surface area contributed by atoms with Crippen LogP contribution in [0.4, 0.5) is 5.13 Å². The number of nitrogens with one attached hydrogen (secondary N) is 1. The molecule has 1 N–H and O–H groups in total. The van der Waals surface area contributed by atoms with Crippen molar-refractivity contribution in [3.05, 3.63) is 35.5 Å². The van der Waals surface area contributed by atoms with E-state index in [1.54, 1.807) is 13.0 Å². The standard InChI is InChI=1S/C14H13N3O2S/c1-3-19-13(18)10(7-15)8-16-14-17-11-5-4-9(2)6-12(11)20-14/h4-6,8H,3H2,1-2H3,(H,16,17). The summed E-state index contributed by atoms with van der Waals surface area (Å²) in [6.07, 6.45) is 1.32. The van der Waals surface area contributed by atoms with Crippen molar-refractivity contribution in [3.63, 3.8) is 0 Å². The van der Waals surface area contributed by atoms with Crippen LogP contribution in [0.3, 0.4) is 0 Å². The zero-order valence-electron chi connectivity index (χ0n) is 11.1. The summed E-state index contributed by atoms with van der Waals surface area (Å²) in [5, 5.41) is 12.4. The van der Waals surface area contributed by atoms with Crippen LogP contribution in [-0.2, 0) is 9.53 Å². The molecule has 0 aliphatic heterocycles. The van der Waals surface area contributed by atoms with Crippen LogP contribution in [0.5, 0.6) is 0 Å². The molecule has 6 heteroatoms. The van der Waals surface area contributed by atoms with Gasteiger partial charge in [-0.1, -0.05) is 17.4 Å². The lowest BCUT2D eigenvalue weighted by atomic mass is 10.2. The Hall–Kier alpha value is -2.39. The highest BCUT2D eigenvalue weighted by Crippen LogP contribution is 2.26. The molecule has 0 amide bonds. The van der Waals surface area contributed by atoms with E-state index in [1.165, 1.54) is 17.5 Å². The fraction of sp³-hybridized carbons (Fsp3) is 0.214. The summed E-state index contributed by atoms with van der Waals surface area (Å²) < 4.78 is 5.82. The van der Waals surface area contributed by atoms with E-state index in [0.29, 0.717) is 5.13 Å². The van der Waals surface area contributed by atoms with E-state index >= 15 is 0 Å². The molecule has 20 heavy (non-hydrogen) atoms. The van der Waals surface area contributed by atoms with Gasteiger partial charge >= 0.3 is 5.97 Å². The van der Waals surface area contributed by atoms with Gasteiger partial charge in [-0.3, -0.25) is 0 Å². The SMILES string of the molecule is CCOC(=O)C(C#N)=CNc1nc2ccc(C)cc2s1. The lowest BCUT2D eigenvalue weighted by molar-refractivity contribution is -0.138. The molecule has 102 valence electrons. The molecule has 0 aliphatic rings. The average molecular weight is 287 g/mol. The van der Waals surface area contributed by atoms with Crippen molar-refractivity contribution < 1.29 is 9.53 Å². The Morgan fingerprint density at radius 3 is 3.10 bits per heavy atom. The second kappa shape index (κ2) is 6.17. The quantitative estimate of drug-likeness (QED) is 0.531. The van der Waals surface area contributed by atoms with Gasteiger partial charge in [-0.15, -0.1) is 0 Å². The largest absolute Gasteiger partial charge is 0.462 e. The molecule has 0 aliphatic carbocycles. The number of nitrogens with zero attached hydrogens (tertiary/aromatic N) is 2. The van der Waals surface area contributed by atoms with E-state index in [2.05, 4.69) is 10.3 Å². The molecule has 1 aromatic heterocycles. The third kappa shape index (κ3) is 3.13. The van der Waals surface area contributed by atoms with Crippen LogP contribution in [0, 0.1) is 18.3 Å². The van der Waals surface area contributed by atoms with Crippen molar-refractivity contribution in [2.45, 2.75) is 13.8 Å². The molecule has 0 saturated heterocycles. The predicted octanol–water partition coefficient (Wildman–Crippen LogP) is 2.99. The van der Waals surface area contributed by atoms with E-state index in [4.69, 9.17) is 10.00 Å². The summed E-state index contributed by atoms with van der Waals surface area (Å²) in [6.45, 7) is 3.94. The number of aryl methyl sites for hydroxylation is 1. The van der Waals surface area contributed by atoms with Crippen molar-refractivity contribution in [1.29, 1.82) is 5.26 Å². The van der Waals surface area contributed by atoms with Gasteiger partial charge in [0.2, 0.25) is 0 Å². The first-order valence-electron chi connectivity index (χ1n) is 6.05. The molecular weight excluding hydrogens is 274 g/mol. The van der Waals surface area contributed by atoms with Crippen molar-refractivity contribution >= 4 is 32.7 Å². The predicted molar refractivity (Wildman–Crippen MR) is 78.3 cm³/mol. The maximum atomic E-state index is 11.4. The van der Waals surface area contributed by atoms with Crippen LogP contribution in [0.25, 0.3) is 10.2 Å². The Kier molecular flexibility index (Phi) is 4.33. The zero-order valence-corrected chi connectivity index (χ0v) is 12.0. The van der Waals surface area contributed by atoms with Gasteiger partial charge < -0.3 is 10.1 Å². The number of ether oxygens (including phenoxy) is 1. The van der Waals surface area contributed by atoms with Crippen LogP contribution in [0.15, 0.2) is 30.0 Å². The van der Waals surface area contributed by atoms with E-state index in [9.17, 15) is 4.79 Å². The first kappa shape index (κ1) is 14.0. The van der Waals surface area contributed by atoms with Crippen molar-refractivity contribution in [2.75, 3.05) is 11.9 Å². The molecule has 2 rings (SSSR count). The Bertz CT molecular complexity index is 713. The van der Waals surface area contributed by atoms with Crippen LogP contribution < -0.4 is 5.32 Å². The van der Waals surface area contributed by atoms with Gasteiger partial charge in [0.05, 0.1) is 16.8 Å². The van der Waals surface area contributed by atoms with Crippen molar-refractivity contribution in [2.24, 2.45) is 0 Å². The molecule has 5 nitrogen and oxygen atoms in total. The molecular formula is C14H13N3O2S. The lowest BCUT2D eigenvalue weighted by Crippen LogP contribution is -2.07. The summed E-state index contributed by atoms with van der Waals surface area (Å²) in [6, 6.07) is 7.77. The number of rotatable bonds is 4. The molecule has 0 radical (unpaired) electrons. The number of esters is 1. The Labute approximate surface area is 120 Å². The van der Waals surface area contributed by atoms with Crippen LogP contribution in [0.2, 0.25) is 0 Å². The minimum Gasteiger partial charge on any atom is -0.462 e. The molecule has 0 saturated carbocycles. The number of thiazole rings is 1. The summed E-state index contributed by atoms with van der Waals surface area (Å²) >= 11 is 1.46. The highest BCUT2D eigenvalue weighted by atomic mass is 32.1. The fourth-order valence-electron chi connectivity index (χ4n) is 1.57. The third-order valence-corrected chi connectivity index (χ3v) is 3.45. The van der Waals surface area contributed by atoms with Crippen LogP contribution in [-0.4, -0.2) is 17.6 Å². The van der Waals surface area contributed by atoms with Gasteiger partial charge in [-0.2, -0.15) is 5.26 Å². The van der Waals surface area contributed by atoms with Gasteiger partial charge in [-0.05, 0) is 31.5 Å². The Morgan fingerprint density at radius 2 is 2.40 bits per heavy atom. The number of hydrogen-bond acceptors (Lipinski definition) is 6. The summed E-state index contributed by atoms with van der Waals surface area (Å²) in [7, 11) is 0. The minimum absolute atomic E-state index is 0.0812. The minimum atomic E-state index is -0.639. The molecule has 2 aromatic rings. The lowest BCUT2D eigenvalue weighted by Gasteiger charge is -1.99. The van der Waals surface area contributed by atoms with Crippen molar-refractivity contribution in [3.8, 4) is 6.07 Å². The first-order chi connectivity index (χ1) is 9.63. The topological polar surface area (TPSA) is 75.0 Å². The maximum Gasteiger partial charge on any atom is 0.350 e. The molecule has 1 aromatic carbocycles. The van der Waals surface area contributed by atoms with Gasteiger partial charge in [0, 0.05) is 6.20 Å². The Balaban J connectivity index is 2.19. The Morgan fingerprint density at radius 1 is 1.60 bits per heavy atom. The van der Waals surface area contributed by atoms with Crippen LogP contribution in [0.1, 0.15) is 12.5 Å². The molecule has 0 spiro atoms. The van der Waals surface area contributed by atoms with E-state index < -0.39 is 5.97 Å². The van der Waals surface area contributed by atoms with E-state index in [1.807, 2.05) is 25.1 Å². The molecule has 0 bridgehead atoms. The number of hydrogen-bond donors (Lipinski definition) is 1. The van der Waals surface area contributed by atoms with E-state index in [-0.39, 0.29) is 12.2 Å². The normalized spacial score (nSPS) is 11.2. The number of benzene rings is 1. The molecule has 0 atom stereocenters. The number of carbonyl (C=O) groups excluding carboxylic acids is 1. The van der Waals surface area contributed by atoms with Gasteiger partial charge in [0.1, 0.15) is 6.07 Å². The fourth-order valence-corrected chi connectivity index (χ4v) is 2.51. The summed E-state index contributed by atoms with van der Waals surface area (Å²) in [5.74, 6) is -0.639. The van der Waals surface area contributed by atoms with Gasteiger partial charge in [0.15, 0.2) is 10.7 Å². The first-order valence-corrected chi connectivity index (χ1v) is 6.86. The average Bonchev–Trinajstić information content (AvgIpc) is 2.81. The second-order valence-corrected chi connectivity index (χ2v) is 5.06. The number of nitriles is 1. The molecule has 1 heterocycles. The number of carbonyl (C=O) groups is 1. The molecule has 0 fully saturated rings. The smallest absolute Gasteiger partial charge is 0.350 e. The summed E-state index contributed by atoms with van der Waals surface area (Å²) in [5.41, 5.74) is 1.96. The highest BCUT2D eigenvalue weighted by Gasteiger charge is 2.10. The second-order valence-electron chi connectivity index (χ2n) is 4.02. The monoisotopic (exact) mass is 287 g/mol. The van der Waals surface area contributed by atoms with Crippen molar-refractivity contribution in [1.82, 2.24) is 4.98 Å². The third-order valence-electron chi connectivity index (χ3n) is 2.50. The van der Waals surface area contributed by atoms with E-state index in [0.717, 1.165) is 15.8 Å². The number of aromatic nitrogens is 1. The highest BCUT2D eigenvalue weighted by molar-refractivity contribution is 7.22. The van der Waals surface area contributed by atoms with Crippen LogP contribution >= 0.6 is 11.3 Å². The number of anilines is 1. The maximum absolute atomic E-state index is 11.4. The number of fused-ring (bicyclic) bond motifs is 1. The summed E-state index contributed by atoms with van der Waals surface area (Å²) in [4.78, 5) is 15.8. The van der Waals surface area contributed by atoms with Gasteiger partial charge in [0.25, 0.3) is 0 Å². The molecule has 0 unspecified atom stereocenters. The zero-order chi connectivity index (χ0) is 14.5. The van der Waals surface area contributed by atoms with Gasteiger partial charge in [-0.25, -0.2) is 9.78 Å².